The number of nitrogens with zero attached hydrogens (tertiary/aromatic N) is 2. The minimum Gasteiger partial charge on any atom is -0.328 e. The van der Waals surface area contributed by atoms with Crippen LogP contribution in [-0.2, 0) is 20.9 Å². The first kappa shape index (κ1) is 22.5. The number of benzene rings is 2. The highest BCUT2D eigenvalue weighted by Gasteiger charge is 2.38. The molecule has 164 valence electrons. The molecule has 3 amide bonds. The van der Waals surface area contributed by atoms with Crippen LogP contribution in [0.5, 0.6) is 0 Å². The Kier molecular flexibility index (Phi) is 7.05. The first-order chi connectivity index (χ1) is 14.8. The fraction of sp³-hybridized carbons (Fsp3) is 0.375. The van der Waals surface area contributed by atoms with Gasteiger partial charge in [-0.05, 0) is 47.7 Å². The Hall–Kier alpha value is -3.22. The summed E-state index contributed by atoms with van der Waals surface area (Å²) in [5, 5.41) is 2.85. The third-order valence-corrected chi connectivity index (χ3v) is 5.54. The molecule has 3 rings (SSSR count). The number of amides is 3. The lowest BCUT2D eigenvalue weighted by Gasteiger charge is -2.37. The molecule has 1 saturated heterocycles. The zero-order valence-corrected chi connectivity index (χ0v) is 18.1. The molecule has 1 fully saturated rings. The molecular formula is C24H28FN3O3. The molecule has 0 radical (unpaired) electrons. The van der Waals surface area contributed by atoms with Crippen LogP contribution in [0.25, 0.3) is 0 Å². The summed E-state index contributed by atoms with van der Waals surface area (Å²) in [6.07, 6.45) is 0.396. The molecule has 0 unspecified atom stereocenters. The summed E-state index contributed by atoms with van der Waals surface area (Å²) < 4.78 is 13.1. The van der Waals surface area contributed by atoms with Crippen LogP contribution in [0.4, 0.5) is 10.1 Å². The van der Waals surface area contributed by atoms with Gasteiger partial charge in [-0.25, -0.2) is 4.39 Å². The van der Waals surface area contributed by atoms with Crippen molar-refractivity contribution in [1.29, 1.82) is 0 Å². The minimum atomic E-state index is -0.728. The van der Waals surface area contributed by atoms with Gasteiger partial charge in [-0.15, -0.1) is 0 Å². The van der Waals surface area contributed by atoms with E-state index in [0.29, 0.717) is 24.6 Å². The molecule has 6 nitrogen and oxygen atoms in total. The highest BCUT2D eigenvalue weighted by molar-refractivity contribution is 6.35. The van der Waals surface area contributed by atoms with E-state index in [-0.39, 0.29) is 24.8 Å². The first-order valence-electron chi connectivity index (χ1n) is 10.5. The van der Waals surface area contributed by atoms with Crippen molar-refractivity contribution in [3.8, 4) is 0 Å². The van der Waals surface area contributed by atoms with Gasteiger partial charge >= 0.3 is 11.8 Å². The van der Waals surface area contributed by atoms with Gasteiger partial charge in [0, 0.05) is 25.3 Å². The van der Waals surface area contributed by atoms with Crippen LogP contribution < -0.4 is 5.32 Å². The van der Waals surface area contributed by atoms with E-state index in [1.165, 1.54) is 27.5 Å². The van der Waals surface area contributed by atoms with Crippen molar-refractivity contribution in [3.63, 3.8) is 0 Å². The van der Waals surface area contributed by atoms with Crippen LogP contribution in [-0.4, -0.2) is 46.7 Å². The second-order valence-electron chi connectivity index (χ2n) is 8.04. The van der Waals surface area contributed by atoms with Crippen LogP contribution >= 0.6 is 0 Å². The molecule has 1 aliphatic rings. The third kappa shape index (κ3) is 5.29. The van der Waals surface area contributed by atoms with Crippen molar-refractivity contribution >= 4 is 23.4 Å². The number of carbonyl (C=O) groups is 3. The number of hydrogen-bond donors (Lipinski definition) is 1. The summed E-state index contributed by atoms with van der Waals surface area (Å²) in [7, 11) is 0. The summed E-state index contributed by atoms with van der Waals surface area (Å²) in [5.74, 6) is -1.61. The minimum absolute atomic E-state index is 0.226. The van der Waals surface area contributed by atoms with Gasteiger partial charge in [0.2, 0.25) is 5.91 Å². The molecule has 0 saturated carbocycles. The molecule has 1 heterocycles. The number of nitrogens with one attached hydrogen (secondary N) is 1. The van der Waals surface area contributed by atoms with Crippen LogP contribution in [0.15, 0.2) is 48.5 Å². The van der Waals surface area contributed by atoms with E-state index in [1.807, 2.05) is 31.2 Å². The van der Waals surface area contributed by atoms with E-state index >= 15 is 0 Å². The van der Waals surface area contributed by atoms with E-state index in [9.17, 15) is 18.8 Å². The van der Waals surface area contributed by atoms with Crippen molar-refractivity contribution < 1.29 is 18.8 Å². The largest absolute Gasteiger partial charge is 0.328 e. The van der Waals surface area contributed by atoms with Crippen molar-refractivity contribution in [1.82, 2.24) is 9.80 Å². The zero-order chi connectivity index (χ0) is 22.5. The highest BCUT2D eigenvalue weighted by atomic mass is 19.1. The molecule has 2 aromatic rings. The van der Waals surface area contributed by atoms with Gasteiger partial charge in [0.15, 0.2) is 0 Å². The van der Waals surface area contributed by atoms with Crippen LogP contribution in [0, 0.1) is 5.82 Å². The van der Waals surface area contributed by atoms with Crippen molar-refractivity contribution in [3.05, 3.63) is 65.5 Å². The Labute approximate surface area is 182 Å². The van der Waals surface area contributed by atoms with Gasteiger partial charge < -0.3 is 15.1 Å². The van der Waals surface area contributed by atoms with Crippen LogP contribution in [0.1, 0.15) is 44.2 Å². The molecule has 1 aliphatic heterocycles. The smallest absolute Gasteiger partial charge is 0.312 e. The third-order valence-electron chi connectivity index (χ3n) is 5.54. The summed E-state index contributed by atoms with van der Waals surface area (Å²) in [6.45, 7) is 6.82. The van der Waals surface area contributed by atoms with E-state index in [4.69, 9.17) is 0 Å². The summed E-state index contributed by atoms with van der Waals surface area (Å²) >= 11 is 0. The average Bonchev–Trinajstić information content (AvgIpc) is 2.75. The molecule has 0 aliphatic carbocycles. The maximum atomic E-state index is 13.1. The van der Waals surface area contributed by atoms with E-state index < -0.39 is 17.9 Å². The molecule has 0 spiro atoms. The maximum absolute atomic E-state index is 13.1. The number of hydrogen-bond acceptors (Lipinski definition) is 3. The number of rotatable bonds is 7. The molecule has 7 heteroatoms. The molecular weight excluding hydrogens is 397 g/mol. The molecule has 1 N–H and O–H groups in total. The fourth-order valence-corrected chi connectivity index (χ4v) is 3.67. The van der Waals surface area contributed by atoms with Crippen molar-refractivity contribution in [2.45, 2.75) is 45.7 Å². The van der Waals surface area contributed by atoms with Gasteiger partial charge in [0.05, 0.1) is 0 Å². The Balaban J connectivity index is 1.65. The summed E-state index contributed by atoms with van der Waals surface area (Å²) in [4.78, 5) is 41.0. The van der Waals surface area contributed by atoms with E-state index in [2.05, 4.69) is 19.2 Å². The Morgan fingerprint density at radius 1 is 1.00 bits per heavy atom. The lowest BCUT2D eigenvalue weighted by molar-refractivity contribution is -0.159. The van der Waals surface area contributed by atoms with E-state index in [1.54, 1.807) is 12.1 Å². The maximum Gasteiger partial charge on any atom is 0.312 e. The number of anilines is 1. The van der Waals surface area contributed by atoms with Gasteiger partial charge in [-0.3, -0.25) is 14.4 Å². The number of piperazine rings is 1. The lowest BCUT2D eigenvalue weighted by atomic mass is 10.0. The second kappa shape index (κ2) is 9.73. The highest BCUT2D eigenvalue weighted by Crippen LogP contribution is 2.19. The fourth-order valence-electron chi connectivity index (χ4n) is 3.67. The molecule has 0 bridgehead atoms. The quantitative estimate of drug-likeness (QED) is 0.690. The zero-order valence-electron chi connectivity index (χ0n) is 18.1. The standard InChI is InChI=1S/C24H28FN3O3/c1-4-21(22(29)26-20-11-7-18(8-12-20)16(2)3)28-14-13-27(23(30)24(28)31)15-17-5-9-19(25)10-6-17/h5-12,16,21H,4,13-15H2,1-3H3,(H,26,29)/t21-/m1/s1. The van der Waals surface area contributed by atoms with Crippen LogP contribution in [0.3, 0.4) is 0 Å². The van der Waals surface area contributed by atoms with Gasteiger partial charge in [0.1, 0.15) is 11.9 Å². The monoisotopic (exact) mass is 425 g/mol. The second-order valence-corrected chi connectivity index (χ2v) is 8.04. The molecule has 31 heavy (non-hydrogen) atoms. The predicted octanol–water partition coefficient (Wildman–Crippen LogP) is 3.54. The number of halogens is 1. The van der Waals surface area contributed by atoms with Crippen molar-refractivity contribution in [2.75, 3.05) is 18.4 Å². The topological polar surface area (TPSA) is 69.7 Å². The average molecular weight is 426 g/mol. The lowest BCUT2D eigenvalue weighted by Crippen LogP contribution is -2.59. The first-order valence-corrected chi connectivity index (χ1v) is 10.5. The molecule has 1 atom stereocenters. The van der Waals surface area contributed by atoms with Gasteiger partial charge in [-0.2, -0.15) is 0 Å². The van der Waals surface area contributed by atoms with E-state index in [0.717, 1.165) is 5.56 Å². The summed E-state index contributed by atoms with van der Waals surface area (Å²) in [5.41, 5.74) is 2.57. The Morgan fingerprint density at radius 2 is 1.65 bits per heavy atom. The van der Waals surface area contributed by atoms with Crippen LogP contribution in [0.2, 0.25) is 0 Å². The normalized spacial score (nSPS) is 15.4. The Morgan fingerprint density at radius 3 is 2.23 bits per heavy atom. The molecule has 0 aromatic heterocycles. The number of carbonyl (C=O) groups excluding carboxylic acids is 3. The summed E-state index contributed by atoms with van der Waals surface area (Å²) in [6, 6.07) is 12.7. The van der Waals surface area contributed by atoms with Gasteiger partial charge in [0.25, 0.3) is 0 Å². The predicted molar refractivity (Wildman–Crippen MR) is 117 cm³/mol. The SMILES string of the molecule is CC[C@H](C(=O)Nc1ccc(C(C)C)cc1)N1CCN(Cc2ccc(F)cc2)C(=O)C1=O. The Bertz CT molecular complexity index is 942. The molecule has 2 aromatic carbocycles. The van der Waals surface area contributed by atoms with Crippen molar-refractivity contribution in [2.24, 2.45) is 0 Å². The van der Waals surface area contributed by atoms with Gasteiger partial charge in [-0.1, -0.05) is 45.0 Å².